The van der Waals surface area contributed by atoms with Gasteiger partial charge in [-0.05, 0) is 52.4 Å². The van der Waals surface area contributed by atoms with Crippen molar-refractivity contribution < 1.29 is 14.3 Å². The Kier molecular flexibility index (Phi) is 5.84. The van der Waals surface area contributed by atoms with Gasteiger partial charge >= 0.3 is 6.09 Å². The van der Waals surface area contributed by atoms with E-state index in [-0.39, 0.29) is 5.92 Å². The molecule has 152 valence electrons. The largest absolute Gasteiger partial charge is 0.497 e. The molecule has 0 spiro atoms. The highest BCUT2D eigenvalue weighted by molar-refractivity contribution is 5.79. The summed E-state index contributed by atoms with van der Waals surface area (Å²) in [7, 11) is 1.65. The van der Waals surface area contributed by atoms with Crippen molar-refractivity contribution in [1.82, 2.24) is 5.32 Å². The minimum absolute atomic E-state index is 0.0677. The Hall–Kier alpha value is -3.53. The minimum Gasteiger partial charge on any atom is -0.497 e. The summed E-state index contributed by atoms with van der Waals surface area (Å²) in [5.41, 5.74) is 7.06. The Morgan fingerprint density at radius 1 is 1.00 bits per heavy atom. The van der Waals surface area contributed by atoms with Crippen LogP contribution in [0.2, 0.25) is 0 Å². The SMILES string of the molecule is COc1ccc(C)c(C=CCNC(=O)OCC2c3ccccc3-c3ccccc32)c1. The fourth-order valence-corrected chi connectivity index (χ4v) is 3.90. The van der Waals surface area contributed by atoms with Gasteiger partial charge in [0, 0.05) is 12.5 Å². The van der Waals surface area contributed by atoms with Crippen LogP contribution in [0.25, 0.3) is 17.2 Å². The molecule has 3 aromatic carbocycles. The Balaban J connectivity index is 1.34. The van der Waals surface area contributed by atoms with Gasteiger partial charge in [-0.15, -0.1) is 0 Å². The van der Waals surface area contributed by atoms with Crippen LogP contribution in [0.3, 0.4) is 0 Å². The van der Waals surface area contributed by atoms with E-state index in [1.54, 1.807) is 7.11 Å². The lowest BCUT2D eigenvalue weighted by Crippen LogP contribution is -2.26. The predicted molar refractivity (Wildman–Crippen MR) is 120 cm³/mol. The third kappa shape index (κ3) is 4.08. The lowest BCUT2D eigenvalue weighted by atomic mass is 9.98. The van der Waals surface area contributed by atoms with E-state index in [1.807, 2.05) is 61.5 Å². The zero-order chi connectivity index (χ0) is 20.9. The molecule has 1 amide bonds. The number of benzene rings is 3. The molecule has 0 bridgehead atoms. The summed E-state index contributed by atoms with van der Waals surface area (Å²) in [6.45, 7) is 2.75. The number of ether oxygens (including phenoxy) is 2. The summed E-state index contributed by atoms with van der Waals surface area (Å²) in [6, 6.07) is 22.5. The van der Waals surface area contributed by atoms with E-state index in [9.17, 15) is 4.79 Å². The van der Waals surface area contributed by atoms with Crippen LogP contribution in [0.15, 0.2) is 72.8 Å². The fraction of sp³-hybridized carbons (Fsp3) is 0.192. The van der Waals surface area contributed by atoms with E-state index in [0.717, 1.165) is 16.9 Å². The molecule has 0 aromatic heterocycles. The molecule has 4 heteroatoms. The van der Waals surface area contributed by atoms with Crippen LogP contribution in [0.4, 0.5) is 4.79 Å². The second kappa shape index (κ2) is 8.87. The molecule has 0 unspecified atom stereocenters. The standard InChI is InChI=1S/C26H25NO3/c1-18-13-14-20(29-2)16-19(18)8-7-15-27-26(28)30-17-25-23-11-5-3-9-21(23)22-10-4-6-12-24(22)25/h3-14,16,25H,15,17H2,1-2H3,(H,27,28). The highest BCUT2D eigenvalue weighted by atomic mass is 16.5. The average molecular weight is 399 g/mol. The lowest BCUT2D eigenvalue weighted by molar-refractivity contribution is 0.144. The summed E-state index contributed by atoms with van der Waals surface area (Å²) >= 11 is 0. The third-order valence-electron chi connectivity index (χ3n) is 5.49. The molecule has 30 heavy (non-hydrogen) atoms. The van der Waals surface area contributed by atoms with Crippen LogP contribution in [0.1, 0.15) is 28.2 Å². The van der Waals surface area contributed by atoms with Crippen molar-refractivity contribution in [2.45, 2.75) is 12.8 Å². The van der Waals surface area contributed by atoms with Crippen LogP contribution in [-0.2, 0) is 4.74 Å². The maximum atomic E-state index is 12.2. The van der Waals surface area contributed by atoms with Crippen molar-refractivity contribution in [2.24, 2.45) is 0 Å². The number of carbonyl (C=O) groups is 1. The van der Waals surface area contributed by atoms with Gasteiger partial charge in [0.1, 0.15) is 12.4 Å². The molecule has 0 fully saturated rings. The van der Waals surface area contributed by atoms with Crippen molar-refractivity contribution in [2.75, 3.05) is 20.3 Å². The highest BCUT2D eigenvalue weighted by Gasteiger charge is 2.28. The second-order valence-electron chi connectivity index (χ2n) is 7.33. The maximum absolute atomic E-state index is 12.2. The van der Waals surface area contributed by atoms with Crippen molar-refractivity contribution >= 4 is 12.2 Å². The number of alkyl carbamates (subject to hydrolysis) is 1. The number of hydrogen-bond donors (Lipinski definition) is 1. The number of methoxy groups -OCH3 is 1. The van der Waals surface area contributed by atoms with Crippen molar-refractivity contribution in [3.8, 4) is 16.9 Å². The summed E-state index contributed by atoms with van der Waals surface area (Å²) in [6.07, 6.45) is 3.47. The summed E-state index contributed by atoms with van der Waals surface area (Å²) < 4.78 is 10.8. The van der Waals surface area contributed by atoms with Crippen LogP contribution >= 0.6 is 0 Å². The van der Waals surface area contributed by atoms with Crippen LogP contribution in [0, 0.1) is 6.92 Å². The average Bonchev–Trinajstić information content (AvgIpc) is 3.10. The lowest BCUT2D eigenvalue weighted by Gasteiger charge is -2.14. The molecule has 0 radical (unpaired) electrons. The molecule has 1 N–H and O–H groups in total. The quantitative estimate of drug-likeness (QED) is 0.591. The first-order valence-corrected chi connectivity index (χ1v) is 10.1. The van der Waals surface area contributed by atoms with Crippen molar-refractivity contribution in [1.29, 1.82) is 0 Å². The number of aryl methyl sites for hydroxylation is 1. The molecule has 0 atom stereocenters. The molecule has 0 saturated heterocycles. The molecule has 1 aliphatic carbocycles. The van der Waals surface area contributed by atoms with E-state index < -0.39 is 6.09 Å². The fourth-order valence-electron chi connectivity index (χ4n) is 3.90. The Morgan fingerprint density at radius 3 is 2.33 bits per heavy atom. The Labute approximate surface area is 177 Å². The normalized spacial score (nSPS) is 12.5. The summed E-state index contributed by atoms with van der Waals surface area (Å²) in [4.78, 5) is 12.2. The molecular formula is C26H25NO3. The number of amides is 1. The van der Waals surface area contributed by atoms with Crippen molar-refractivity contribution in [3.05, 3.63) is 95.1 Å². The molecule has 0 aliphatic heterocycles. The number of carbonyl (C=O) groups excluding carboxylic acids is 1. The topological polar surface area (TPSA) is 47.6 Å². The number of hydrogen-bond acceptors (Lipinski definition) is 3. The molecule has 1 aliphatic rings. The number of fused-ring (bicyclic) bond motifs is 3. The van der Waals surface area contributed by atoms with Gasteiger partial charge in [-0.2, -0.15) is 0 Å². The number of nitrogens with one attached hydrogen (secondary N) is 1. The Bertz CT molecular complexity index is 1040. The van der Waals surface area contributed by atoms with Crippen LogP contribution < -0.4 is 10.1 Å². The highest BCUT2D eigenvalue weighted by Crippen LogP contribution is 2.44. The van der Waals surface area contributed by atoms with Gasteiger partial charge in [0.15, 0.2) is 0 Å². The molecule has 3 aromatic rings. The minimum atomic E-state index is -0.413. The smallest absolute Gasteiger partial charge is 0.407 e. The van der Waals surface area contributed by atoms with Gasteiger partial charge < -0.3 is 14.8 Å². The van der Waals surface area contributed by atoms with E-state index in [0.29, 0.717) is 13.2 Å². The number of rotatable bonds is 6. The first-order chi connectivity index (χ1) is 14.7. The van der Waals surface area contributed by atoms with E-state index in [4.69, 9.17) is 9.47 Å². The molecule has 0 heterocycles. The Morgan fingerprint density at radius 2 is 1.67 bits per heavy atom. The van der Waals surface area contributed by atoms with Crippen LogP contribution in [0.5, 0.6) is 5.75 Å². The van der Waals surface area contributed by atoms with Gasteiger partial charge in [-0.3, -0.25) is 0 Å². The molecule has 4 rings (SSSR count). The zero-order valence-corrected chi connectivity index (χ0v) is 17.2. The molecule has 4 nitrogen and oxygen atoms in total. The van der Waals surface area contributed by atoms with E-state index in [1.165, 1.54) is 22.3 Å². The van der Waals surface area contributed by atoms with Gasteiger partial charge in [0.05, 0.1) is 7.11 Å². The van der Waals surface area contributed by atoms with Crippen LogP contribution in [-0.4, -0.2) is 26.4 Å². The van der Waals surface area contributed by atoms with Gasteiger partial charge in [0.2, 0.25) is 0 Å². The monoisotopic (exact) mass is 399 g/mol. The molecular weight excluding hydrogens is 374 g/mol. The van der Waals surface area contributed by atoms with Crippen molar-refractivity contribution in [3.63, 3.8) is 0 Å². The first-order valence-electron chi connectivity index (χ1n) is 10.1. The van der Waals surface area contributed by atoms with E-state index in [2.05, 4.69) is 29.6 Å². The van der Waals surface area contributed by atoms with Gasteiger partial charge in [0.25, 0.3) is 0 Å². The first kappa shape index (κ1) is 19.8. The van der Waals surface area contributed by atoms with E-state index >= 15 is 0 Å². The zero-order valence-electron chi connectivity index (χ0n) is 17.2. The molecule has 0 saturated carbocycles. The predicted octanol–water partition coefficient (Wildman–Crippen LogP) is 5.56. The van der Waals surface area contributed by atoms with Gasteiger partial charge in [-0.1, -0.05) is 66.7 Å². The maximum Gasteiger partial charge on any atom is 0.407 e. The second-order valence-corrected chi connectivity index (χ2v) is 7.33. The summed E-state index contributed by atoms with van der Waals surface area (Å²) in [5, 5.41) is 2.79. The third-order valence-corrected chi connectivity index (χ3v) is 5.49. The summed E-state index contributed by atoms with van der Waals surface area (Å²) in [5.74, 6) is 0.878. The van der Waals surface area contributed by atoms with Gasteiger partial charge in [-0.25, -0.2) is 4.79 Å².